The van der Waals surface area contributed by atoms with Crippen LogP contribution in [-0.2, 0) is 4.79 Å². The van der Waals surface area contributed by atoms with Crippen LogP contribution < -0.4 is 10.6 Å². The third-order valence-corrected chi connectivity index (χ3v) is 2.15. The van der Waals surface area contributed by atoms with Crippen LogP contribution in [0, 0.1) is 5.92 Å². The van der Waals surface area contributed by atoms with E-state index >= 15 is 0 Å². The Labute approximate surface area is 83.8 Å². The first-order valence-electron chi connectivity index (χ1n) is 4.49. The third kappa shape index (κ3) is 2.45. The highest BCUT2D eigenvalue weighted by Gasteiger charge is 2.25. The van der Waals surface area contributed by atoms with Gasteiger partial charge in [-0.3, -0.25) is 9.79 Å². The second-order valence-electron chi connectivity index (χ2n) is 3.24. The molecule has 1 atom stereocenters. The molecule has 1 aliphatic heterocycles. The minimum atomic E-state index is -0.182. The van der Waals surface area contributed by atoms with E-state index in [1.807, 2.05) is 0 Å². The molecule has 4 heteroatoms. The normalized spacial score (nSPS) is 22.2. The van der Waals surface area contributed by atoms with Crippen LogP contribution in [0.2, 0.25) is 0 Å². The van der Waals surface area contributed by atoms with Gasteiger partial charge in [-0.2, -0.15) is 0 Å². The Hall–Kier alpha value is -1.58. The summed E-state index contributed by atoms with van der Waals surface area (Å²) >= 11 is 0. The van der Waals surface area contributed by atoms with Crippen LogP contribution >= 0.6 is 0 Å². The molecule has 1 unspecified atom stereocenters. The van der Waals surface area contributed by atoms with E-state index in [0.717, 1.165) is 18.5 Å². The average Bonchev–Trinajstić information content (AvgIpc) is 2.14. The number of allylic oxidation sites excluding steroid dienone is 1. The van der Waals surface area contributed by atoms with E-state index in [1.54, 1.807) is 7.05 Å². The van der Waals surface area contributed by atoms with Gasteiger partial charge in [-0.1, -0.05) is 13.2 Å². The van der Waals surface area contributed by atoms with Gasteiger partial charge in [0.1, 0.15) is 0 Å². The highest BCUT2D eigenvalue weighted by molar-refractivity contribution is 5.84. The summed E-state index contributed by atoms with van der Waals surface area (Å²) in [4.78, 5) is 15.3. The Bertz CT molecular complexity index is 294. The summed E-state index contributed by atoms with van der Waals surface area (Å²) in [5.74, 6) is -0.221. The molecule has 0 aromatic rings. The van der Waals surface area contributed by atoms with Crippen molar-refractivity contribution < 1.29 is 4.79 Å². The average molecular weight is 193 g/mol. The van der Waals surface area contributed by atoms with Crippen molar-refractivity contribution in [2.75, 3.05) is 7.05 Å². The summed E-state index contributed by atoms with van der Waals surface area (Å²) in [6.07, 6.45) is 3.09. The lowest BCUT2D eigenvalue weighted by Gasteiger charge is -2.24. The van der Waals surface area contributed by atoms with Crippen molar-refractivity contribution in [3.63, 3.8) is 0 Å². The number of nitrogens with one attached hydrogen (secondary N) is 2. The molecule has 0 saturated carbocycles. The van der Waals surface area contributed by atoms with Crippen molar-refractivity contribution in [2.45, 2.75) is 12.8 Å². The lowest BCUT2D eigenvalue weighted by Crippen LogP contribution is -2.38. The van der Waals surface area contributed by atoms with Crippen LogP contribution in [0.25, 0.3) is 0 Å². The molecule has 0 aliphatic carbocycles. The van der Waals surface area contributed by atoms with Gasteiger partial charge in [-0.05, 0) is 12.8 Å². The number of amides is 1. The molecule has 1 amide bonds. The van der Waals surface area contributed by atoms with Gasteiger partial charge in [-0.25, -0.2) is 0 Å². The fourth-order valence-electron chi connectivity index (χ4n) is 1.35. The number of carbonyl (C=O) groups is 1. The highest BCUT2D eigenvalue weighted by atomic mass is 16.2. The number of nitrogens with zero attached hydrogens (tertiary/aromatic N) is 1. The number of aliphatic imine (C=N–C) groups is 1. The van der Waals surface area contributed by atoms with E-state index in [-0.39, 0.29) is 11.8 Å². The SMILES string of the molecule is C=C1CCC(C(=C)NC=NC)C(=O)N1. The molecule has 4 nitrogen and oxygen atoms in total. The molecule has 1 rings (SSSR count). The molecule has 76 valence electrons. The minimum Gasteiger partial charge on any atom is -0.350 e. The maximum absolute atomic E-state index is 11.5. The largest absolute Gasteiger partial charge is 0.350 e. The zero-order valence-electron chi connectivity index (χ0n) is 8.34. The van der Waals surface area contributed by atoms with Crippen LogP contribution in [0.4, 0.5) is 0 Å². The third-order valence-electron chi connectivity index (χ3n) is 2.15. The van der Waals surface area contributed by atoms with Crippen LogP contribution in [0.15, 0.2) is 29.5 Å². The number of hydrogen-bond acceptors (Lipinski definition) is 2. The summed E-state index contributed by atoms with van der Waals surface area (Å²) in [6.45, 7) is 7.51. The van der Waals surface area contributed by atoms with Gasteiger partial charge in [0.15, 0.2) is 0 Å². The van der Waals surface area contributed by atoms with Crippen molar-refractivity contribution in [3.05, 3.63) is 24.6 Å². The lowest BCUT2D eigenvalue weighted by atomic mass is 9.94. The van der Waals surface area contributed by atoms with E-state index in [9.17, 15) is 4.79 Å². The van der Waals surface area contributed by atoms with Gasteiger partial charge in [0.25, 0.3) is 0 Å². The summed E-state index contributed by atoms with van der Waals surface area (Å²) < 4.78 is 0. The quantitative estimate of drug-likeness (QED) is 0.514. The van der Waals surface area contributed by atoms with Gasteiger partial charge in [0.2, 0.25) is 5.91 Å². The van der Waals surface area contributed by atoms with Crippen molar-refractivity contribution in [3.8, 4) is 0 Å². The Morgan fingerprint density at radius 1 is 1.79 bits per heavy atom. The first kappa shape index (κ1) is 10.5. The standard InChI is InChI=1S/C10H15N3O/c1-7-4-5-9(10(14)13-7)8(2)12-6-11-3/h6,9H,1-2,4-5H2,3H3,(H,11,12)(H,13,14). The summed E-state index contributed by atoms with van der Waals surface area (Å²) in [5, 5.41) is 5.58. The molecule has 0 aromatic carbocycles. The molecule has 0 bridgehead atoms. The van der Waals surface area contributed by atoms with Crippen LogP contribution in [-0.4, -0.2) is 19.3 Å². The molecular formula is C10H15N3O. The van der Waals surface area contributed by atoms with Crippen LogP contribution in [0.3, 0.4) is 0 Å². The van der Waals surface area contributed by atoms with E-state index in [4.69, 9.17) is 0 Å². The van der Waals surface area contributed by atoms with Crippen LogP contribution in [0.1, 0.15) is 12.8 Å². The molecule has 14 heavy (non-hydrogen) atoms. The summed E-state index contributed by atoms with van der Waals surface area (Å²) in [5.41, 5.74) is 1.46. The Balaban J connectivity index is 2.55. The monoisotopic (exact) mass is 193 g/mol. The smallest absolute Gasteiger partial charge is 0.233 e. The highest BCUT2D eigenvalue weighted by Crippen LogP contribution is 2.20. The maximum Gasteiger partial charge on any atom is 0.233 e. The molecule has 0 radical (unpaired) electrons. The van der Waals surface area contributed by atoms with Crippen molar-refractivity contribution >= 4 is 12.2 Å². The number of hydrogen-bond donors (Lipinski definition) is 2. The molecule has 1 aliphatic rings. The topological polar surface area (TPSA) is 53.5 Å². The van der Waals surface area contributed by atoms with Gasteiger partial charge in [-0.15, -0.1) is 0 Å². The molecule has 2 N–H and O–H groups in total. The zero-order chi connectivity index (χ0) is 10.6. The fourth-order valence-corrected chi connectivity index (χ4v) is 1.35. The first-order chi connectivity index (χ1) is 6.65. The second kappa shape index (κ2) is 4.60. The van der Waals surface area contributed by atoms with Crippen molar-refractivity contribution in [1.29, 1.82) is 0 Å². The predicted molar refractivity (Wildman–Crippen MR) is 56.7 cm³/mol. The second-order valence-corrected chi connectivity index (χ2v) is 3.24. The predicted octanol–water partition coefficient (Wildman–Crippen LogP) is 0.788. The molecule has 0 spiro atoms. The van der Waals surface area contributed by atoms with Crippen molar-refractivity contribution in [2.24, 2.45) is 10.9 Å². The van der Waals surface area contributed by atoms with E-state index in [2.05, 4.69) is 28.8 Å². The number of rotatable bonds is 3. The number of piperidine rings is 1. The lowest BCUT2D eigenvalue weighted by molar-refractivity contribution is -0.124. The van der Waals surface area contributed by atoms with Gasteiger partial charge in [0, 0.05) is 18.4 Å². The minimum absolute atomic E-state index is 0.0387. The maximum atomic E-state index is 11.5. The van der Waals surface area contributed by atoms with E-state index in [0.29, 0.717) is 5.70 Å². The van der Waals surface area contributed by atoms with E-state index in [1.165, 1.54) is 6.34 Å². The molecule has 0 aromatic heterocycles. The van der Waals surface area contributed by atoms with Crippen molar-refractivity contribution in [1.82, 2.24) is 10.6 Å². The van der Waals surface area contributed by atoms with Gasteiger partial charge >= 0.3 is 0 Å². The molecule has 1 fully saturated rings. The van der Waals surface area contributed by atoms with Gasteiger partial charge < -0.3 is 10.6 Å². The first-order valence-corrected chi connectivity index (χ1v) is 4.49. The fraction of sp³-hybridized carbons (Fsp3) is 0.400. The van der Waals surface area contributed by atoms with E-state index < -0.39 is 0 Å². The zero-order valence-corrected chi connectivity index (χ0v) is 8.34. The Morgan fingerprint density at radius 2 is 2.50 bits per heavy atom. The molecule has 1 saturated heterocycles. The van der Waals surface area contributed by atoms with Crippen LogP contribution in [0.5, 0.6) is 0 Å². The Kier molecular flexibility index (Phi) is 3.45. The molecular weight excluding hydrogens is 178 g/mol. The summed E-state index contributed by atoms with van der Waals surface area (Å²) in [7, 11) is 1.66. The Morgan fingerprint density at radius 3 is 3.07 bits per heavy atom. The summed E-state index contributed by atoms with van der Waals surface area (Å²) in [6, 6.07) is 0. The molecule has 1 heterocycles. The number of carbonyl (C=O) groups excluding carboxylic acids is 1. The van der Waals surface area contributed by atoms with Gasteiger partial charge in [0.05, 0.1) is 12.3 Å².